The number of carbonyl (C=O) groups is 1. The number of hydrogen-bond acceptors (Lipinski definition) is 5. The lowest BCUT2D eigenvalue weighted by Gasteiger charge is -2.26. The summed E-state index contributed by atoms with van der Waals surface area (Å²) in [5.74, 6) is 0.311. The molecule has 0 saturated carbocycles. The molecule has 1 aliphatic heterocycles. The lowest BCUT2D eigenvalue weighted by Crippen LogP contribution is -2.38. The normalized spacial score (nSPS) is 15.9. The first-order valence-corrected chi connectivity index (χ1v) is 10.4. The van der Waals surface area contributed by atoms with Crippen molar-refractivity contribution < 1.29 is 9.53 Å². The van der Waals surface area contributed by atoms with Gasteiger partial charge in [-0.15, -0.1) is 5.10 Å². The van der Waals surface area contributed by atoms with Gasteiger partial charge in [-0.05, 0) is 47.9 Å². The number of ether oxygens (including phenoxy) is 1. The van der Waals surface area contributed by atoms with E-state index >= 15 is 0 Å². The zero-order valence-electron chi connectivity index (χ0n) is 17.1. The molecular formula is C24H23N5O2. The van der Waals surface area contributed by atoms with E-state index in [0.29, 0.717) is 19.1 Å². The Labute approximate surface area is 180 Å². The van der Waals surface area contributed by atoms with Crippen LogP contribution in [0.25, 0.3) is 22.2 Å². The van der Waals surface area contributed by atoms with Gasteiger partial charge in [-0.1, -0.05) is 35.5 Å². The quantitative estimate of drug-likeness (QED) is 0.483. The van der Waals surface area contributed by atoms with Crippen LogP contribution < -0.4 is 4.90 Å². The van der Waals surface area contributed by atoms with Crippen LogP contribution >= 0.6 is 0 Å². The van der Waals surface area contributed by atoms with Crippen LogP contribution in [0, 0.1) is 5.92 Å². The summed E-state index contributed by atoms with van der Waals surface area (Å²) >= 11 is 0. The van der Waals surface area contributed by atoms with Gasteiger partial charge in [-0.2, -0.15) is 0 Å². The Morgan fingerprint density at radius 1 is 1.06 bits per heavy atom. The number of hydrogen-bond donors (Lipinski definition) is 0. The van der Waals surface area contributed by atoms with Gasteiger partial charge in [0.25, 0.3) is 0 Å². The molecule has 1 atom stereocenters. The lowest BCUT2D eigenvalue weighted by molar-refractivity contribution is -0.119. The number of carbonyl (C=O) groups excluding carboxylic acids is 1. The number of aromatic nitrogens is 4. The second-order valence-electron chi connectivity index (χ2n) is 7.76. The van der Waals surface area contributed by atoms with Crippen molar-refractivity contribution in [1.29, 1.82) is 0 Å². The molecule has 5 rings (SSSR count). The highest BCUT2D eigenvalue weighted by molar-refractivity contribution is 5.94. The average molecular weight is 413 g/mol. The van der Waals surface area contributed by atoms with Gasteiger partial charge in [-0.3, -0.25) is 9.78 Å². The molecule has 0 N–H and O–H groups in total. The van der Waals surface area contributed by atoms with Crippen molar-refractivity contribution in [3.8, 4) is 11.1 Å². The van der Waals surface area contributed by atoms with E-state index in [1.165, 1.54) is 0 Å². The van der Waals surface area contributed by atoms with E-state index in [1.807, 2.05) is 71.8 Å². The monoisotopic (exact) mass is 413 g/mol. The summed E-state index contributed by atoms with van der Waals surface area (Å²) in [7, 11) is 0. The first kappa shape index (κ1) is 19.4. The molecule has 156 valence electrons. The number of nitrogens with zero attached hydrogens (tertiary/aromatic N) is 5. The van der Waals surface area contributed by atoms with E-state index in [0.717, 1.165) is 40.9 Å². The Morgan fingerprint density at radius 3 is 2.71 bits per heavy atom. The maximum absolute atomic E-state index is 13.4. The standard InChI is InChI=1S/C24H23N5O2/c30-24(16-29-23-6-2-1-5-22(23)26-27-29)28(15-18-11-13-31-17-18)21-9-7-19(8-10-21)20-4-3-12-25-14-20/h1-10,12,14,18H,11,13,15-17H2. The van der Waals surface area contributed by atoms with Crippen LogP contribution in [-0.4, -0.2) is 45.6 Å². The number of anilines is 1. The van der Waals surface area contributed by atoms with Gasteiger partial charge >= 0.3 is 0 Å². The fourth-order valence-corrected chi connectivity index (χ4v) is 3.95. The van der Waals surface area contributed by atoms with Crippen molar-refractivity contribution in [2.75, 3.05) is 24.7 Å². The first-order valence-electron chi connectivity index (χ1n) is 10.4. The molecule has 1 amide bonds. The molecule has 0 radical (unpaired) electrons. The number of para-hydroxylation sites is 1. The maximum Gasteiger partial charge on any atom is 0.248 e. The zero-order chi connectivity index (χ0) is 21.0. The van der Waals surface area contributed by atoms with Crippen molar-refractivity contribution in [2.45, 2.75) is 13.0 Å². The third-order valence-electron chi connectivity index (χ3n) is 5.64. The van der Waals surface area contributed by atoms with Crippen molar-refractivity contribution in [1.82, 2.24) is 20.0 Å². The van der Waals surface area contributed by atoms with Gasteiger partial charge in [0.05, 0.1) is 12.1 Å². The van der Waals surface area contributed by atoms with E-state index in [1.54, 1.807) is 10.9 Å². The van der Waals surface area contributed by atoms with Crippen LogP contribution in [0.5, 0.6) is 0 Å². The zero-order valence-corrected chi connectivity index (χ0v) is 17.1. The van der Waals surface area contributed by atoms with Crippen molar-refractivity contribution >= 4 is 22.6 Å². The molecule has 1 fully saturated rings. The Bertz CT molecular complexity index is 1170. The summed E-state index contributed by atoms with van der Waals surface area (Å²) in [6, 6.07) is 19.7. The predicted octanol–water partition coefficient (Wildman–Crippen LogP) is 3.56. The van der Waals surface area contributed by atoms with E-state index in [4.69, 9.17) is 4.74 Å². The summed E-state index contributed by atoms with van der Waals surface area (Å²) in [6.45, 7) is 2.19. The van der Waals surface area contributed by atoms with Gasteiger partial charge in [0.15, 0.2) is 0 Å². The van der Waals surface area contributed by atoms with Gasteiger partial charge in [-0.25, -0.2) is 4.68 Å². The Morgan fingerprint density at radius 2 is 1.94 bits per heavy atom. The molecule has 2 aromatic heterocycles. The Balaban J connectivity index is 1.41. The van der Waals surface area contributed by atoms with Crippen molar-refractivity contribution in [2.24, 2.45) is 5.92 Å². The van der Waals surface area contributed by atoms with Crippen LogP contribution in [0.1, 0.15) is 6.42 Å². The highest BCUT2D eigenvalue weighted by atomic mass is 16.5. The van der Waals surface area contributed by atoms with E-state index in [2.05, 4.69) is 15.3 Å². The van der Waals surface area contributed by atoms with Crippen LogP contribution in [0.15, 0.2) is 73.1 Å². The van der Waals surface area contributed by atoms with E-state index < -0.39 is 0 Å². The molecule has 0 bridgehead atoms. The summed E-state index contributed by atoms with van der Waals surface area (Å²) in [6.07, 6.45) is 4.56. The first-order chi connectivity index (χ1) is 15.3. The Hall–Kier alpha value is -3.58. The maximum atomic E-state index is 13.4. The summed E-state index contributed by atoms with van der Waals surface area (Å²) in [5, 5.41) is 8.35. The van der Waals surface area contributed by atoms with Gasteiger partial charge < -0.3 is 9.64 Å². The van der Waals surface area contributed by atoms with Crippen molar-refractivity contribution in [3.05, 3.63) is 73.1 Å². The number of amides is 1. The topological polar surface area (TPSA) is 73.1 Å². The van der Waals surface area contributed by atoms with E-state index in [9.17, 15) is 4.79 Å². The van der Waals surface area contributed by atoms with E-state index in [-0.39, 0.29) is 12.5 Å². The minimum absolute atomic E-state index is 0.0170. The molecule has 7 nitrogen and oxygen atoms in total. The number of benzene rings is 2. The highest BCUT2D eigenvalue weighted by Crippen LogP contribution is 2.25. The molecule has 3 heterocycles. The molecule has 2 aromatic carbocycles. The number of rotatable bonds is 6. The molecule has 0 spiro atoms. The second kappa shape index (κ2) is 8.65. The molecule has 0 aliphatic carbocycles. The lowest BCUT2D eigenvalue weighted by atomic mass is 10.1. The predicted molar refractivity (Wildman–Crippen MR) is 118 cm³/mol. The van der Waals surface area contributed by atoms with Crippen LogP contribution in [0.4, 0.5) is 5.69 Å². The average Bonchev–Trinajstić information content (AvgIpc) is 3.48. The van der Waals surface area contributed by atoms with Gasteiger partial charge in [0.1, 0.15) is 12.1 Å². The molecule has 31 heavy (non-hydrogen) atoms. The summed E-state index contributed by atoms with van der Waals surface area (Å²) in [5.41, 5.74) is 4.62. The third-order valence-corrected chi connectivity index (χ3v) is 5.64. The SMILES string of the molecule is O=C(Cn1nnc2ccccc21)N(CC1CCOC1)c1ccc(-c2cccnc2)cc1. The molecule has 1 saturated heterocycles. The number of fused-ring (bicyclic) bond motifs is 1. The van der Waals surface area contributed by atoms with Gasteiger partial charge in [0, 0.05) is 37.2 Å². The number of pyridine rings is 1. The second-order valence-corrected chi connectivity index (χ2v) is 7.76. The molecule has 7 heteroatoms. The summed E-state index contributed by atoms with van der Waals surface area (Å²) in [4.78, 5) is 19.4. The minimum Gasteiger partial charge on any atom is -0.381 e. The minimum atomic E-state index is -0.0170. The van der Waals surface area contributed by atoms with Crippen LogP contribution in [-0.2, 0) is 16.1 Å². The smallest absolute Gasteiger partial charge is 0.248 e. The molecule has 4 aromatic rings. The van der Waals surface area contributed by atoms with Crippen molar-refractivity contribution in [3.63, 3.8) is 0 Å². The van der Waals surface area contributed by atoms with Crippen LogP contribution in [0.2, 0.25) is 0 Å². The van der Waals surface area contributed by atoms with Gasteiger partial charge in [0.2, 0.25) is 5.91 Å². The Kier molecular flexibility index (Phi) is 5.41. The fourth-order valence-electron chi connectivity index (χ4n) is 3.95. The highest BCUT2D eigenvalue weighted by Gasteiger charge is 2.24. The summed E-state index contributed by atoms with van der Waals surface area (Å²) < 4.78 is 7.21. The molecule has 1 aliphatic rings. The largest absolute Gasteiger partial charge is 0.381 e. The third kappa shape index (κ3) is 4.18. The fraction of sp³-hybridized carbons (Fsp3) is 0.250. The van der Waals surface area contributed by atoms with Crippen LogP contribution in [0.3, 0.4) is 0 Å². The molecular weight excluding hydrogens is 390 g/mol. The molecule has 1 unspecified atom stereocenters.